The Bertz CT molecular complexity index is 848. The van der Waals surface area contributed by atoms with Crippen molar-refractivity contribution in [1.29, 1.82) is 0 Å². The summed E-state index contributed by atoms with van der Waals surface area (Å²) in [7, 11) is 2.14. The molecule has 0 spiro atoms. The molecule has 6 nitrogen and oxygen atoms in total. The number of hydrogen-bond donors (Lipinski definition) is 0. The third kappa shape index (κ3) is 3.13. The molecule has 0 unspecified atom stereocenters. The highest BCUT2D eigenvalue weighted by Gasteiger charge is 2.25. The average Bonchev–Trinajstić information content (AvgIpc) is 3.09. The maximum Gasteiger partial charge on any atom is 0.244 e. The van der Waals surface area contributed by atoms with Crippen LogP contribution in [0.3, 0.4) is 0 Å². The van der Waals surface area contributed by atoms with E-state index in [0.717, 1.165) is 25.2 Å². The first-order chi connectivity index (χ1) is 12.2. The molecule has 1 aliphatic rings. The molecule has 6 heteroatoms. The highest BCUT2D eigenvalue weighted by atomic mass is 16.5. The lowest BCUT2D eigenvalue weighted by atomic mass is 10.1. The van der Waals surface area contributed by atoms with Gasteiger partial charge in [-0.3, -0.25) is 9.88 Å². The van der Waals surface area contributed by atoms with Crippen molar-refractivity contribution in [2.45, 2.75) is 19.5 Å². The smallest absolute Gasteiger partial charge is 0.244 e. The summed E-state index contributed by atoms with van der Waals surface area (Å²) in [4.78, 5) is 13.4. The Morgan fingerprint density at radius 2 is 2.00 bits per heavy atom. The van der Waals surface area contributed by atoms with Gasteiger partial charge in [0.25, 0.3) is 0 Å². The maximum absolute atomic E-state index is 5.55. The molecule has 4 rings (SSSR count). The molecule has 0 bridgehead atoms. The largest absolute Gasteiger partial charge is 0.373 e. The van der Waals surface area contributed by atoms with E-state index in [9.17, 15) is 0 Å². The predicted octanol–water partition coefficient (Wildman–Crippen LogP) is 3.14. The van der Waals surface area contributed by atoms with Crippen LogP contribution >= 0.6 is 0 Å². The number of fused-ring (bicyclic) bond motifs is 1. The fraction of sp³-hybridized carbons (Fsp3) is 0.316. The fourth-order valence-electron chi connectivity index (χ4n) is 3.22. The summed E-state index contributed by atoms with van der Waals surface area (Å²) >= 11 is 0. The Morgan fingerprint density at radius 3 is 2.84 bits per heavy atom. The molecule has 1 aromatic carbocycles. The van der Waals surface area contributed by atoms with Gasteiger partial charge in [-0.1, -0.05) is 23.4 Å². The van der Waals surface area contributed by atoms with Gasteiger partial charge in [-0.05, 0) is 30.7 Å². The number of likely N-dealkylation sites (N-methyl/N-ethyl adjacent to an activating group) is 1. The monoisotopic (exact) mass is 335 g/mol. The van der Waals surface area contributed by atoms with E-state index in [-0.39, 0.29) is 6.04 Å². The van der Waals surface area contributed by atoms with Crippen LogP contribution in [-0.2, 0) is 6.54 Å². The average molecular weight is 335 g/mol. The molecule has 1 aliphatic heterocycles. The molecule has 3 heterocycles. The second-order valence-corrected chi connectivity index (χ2v) is 6.39. The normalized spacial score (nSPS) is 16.3. The Labute approximate surface area is 147 Å². The van der Waals surface area contributed by atoms with Crippen LogP contribution in [0.1, 0.15) is 24.4 Å². The van der Waals surface area contributed by atoms with Gasteiger partial charge in [-0.15, -0.1) is 0 Å². The lowest BCUT2D eigenvalue weighted by Crippen LogP contribution is -2.31. The number of aromatic nitrogens is 3. The van der Waals surface area contributed by atoms with Crippen molar-refractivity contribution >= 4 is 5.69 Å². The minimum atomic E-state index is 0.0532. The van der Waals surface area contributed by atoms with E-state index < -0.39 is 0 Å². The van der Waals surface area contributed by atoms with Crippen LogP contribution in [-0.4, -0.2) is 40.2 Å². The van der Waals surface area contributed by atoms with E-state index >= 15 is 0 Å². The molecule has 0 amide bonds. The van der Waals surface area contributed by atoms with Crippen LogP contribution in [0.4, 0.5) is 5.69 Å². The number of hydrogen-bond acceptors (Lipinski definition) is 6. The minimum absolute atomic E-state index is 0.0532. The van der Waals surface area contributed by atoms with Crippen LogP contribution in [0.25, 0.3) is 11.4 Å². The van der Waals surface area contributed by atoms with Gasteiger partial charge in [0.05, 0.1) is 6.04 Å². The molecule has 0 saturated carbocycles. The van der Waals surface area contributed by atoms with Gasteiger partial charge in [0, 0.05) is 50.3 Å². The van der Waals surface area contributed by atoms with Gasteiger partial charge >= 0.3 is 0 Å². The third-order valence-corrected chi connectivity index (χ3v) is 4.77. The van der Waals surface area contributed by atoms with Crippen molar-refractivity contribution in [3.63, 3.8) is 0 Å². The molecular weight excluding hydrogens is 314 g/mol. The maximum atomic E-state index is 5.55. The number of benzene rings is 1. The van der Waals surface area contributed by atoms with Gasteiger partial charge in [0.15, 0.2) is 0 Å². The van der Waals surface area contributed by atoms with Crippen molar-refractivity contribution in [3.05, 3.63) is 60.2 Å². The van der Waals surface area contributed by atoms with Crippen molar-refractivity contribution in [1.82, 2.24) is 20.0 Å². The lowest BCUT2D eigenvalue weighted by Gasteiger charge is -2.24. The molecular formula is C19H21N5O. The van der Waals surface area contributed by atoms with Crippen molar-refractivity contribution < 1.29 is 4.52 Å². The van der Waals surface area contributed by atoms with E-state index in [1.165, 1.54) is 11.3 Å². The first kappa shape index (κ1) is 15.8. The van der Waals surface area contributed by atoms with E-state index in [0.29, 0.717) is 11.7 Å². The van der Waals surface area contributed by atoms with Crippen LogP contribution in [0.5, 0.6) is 0 Å². The van der Waals surface area contributed by atoms with Crippen molar-refractivity contribution in [3.8, 4) is 11.4 Å². The Kier molecular flexibility index (Phi) is 4.19. The van der Waals surface area contributed by atoms with Crippen LogP contribution < -0.4 is 4.90 Å². The van der Waals surface area contributed by atoms with E-state index in [2.05, 4.69) is 63.2 Å². The quantitative estimate of drug-likeness (QED) is 0.733. The van der Waals surface area contributed by atoms with Gasteiger partial charge in [0.2, 0.25) is 11.7 Å². The standard InChI is InChI=1S/C19H21N5O/c1-14(19-21-18(22-25-19)15-7-5-9-20-12-15)24-11-10-23(2)17-8-4-3-6-16(17)13-24/h3-9,12,14H,10-11,13H2,1-2H3/t14-/m0/s1. The topological polar surface area (TPSA) is 58.3 Å². The fourth-order valence-corrected chi connectivity index (χ4v) is 3.22. The van der Waals surface area contributed by atoms with Gasteiger partial charge in [-0.2, -0.15) is 4.98 Å². The summed E-state index contributed by atoms with van der Waals surface area (Å²) in [6, 6.07) is 12.4. The zero-order chi connectivity index (χ0) is 17.2. The molecule has 0 aliphatic carbocycles. The number of para-hydroxylation sites is 1. The third-order valence-electron chi connectivity index (χ3n) is 4.77. The highest BCUT2D eigenvalue weighted by molar-refractivity contribution is 5.54. The van der Waals surface area contributed by atoms with Gasteiger partial charge < -0.3 is 9.42 Å². The molecule has 0 saturated heterocycles. The summed E-state index contributed by atoms with van der Waals surface area (Å²) in [6.07, 6.45) is 3.48. The molecule has 3 aromatic rings. The Hall–Kier alpha value is -2.73. The van der Waals surface area contributed by atoms with Crippen LogP contribution in [0.15, 0.2) is 53.3 Å². The summed E-state index contributed by atoms with van der Waals surface area (Å²) in [5.74, 6) is 1.23. The summed E-state index contributed by atoms with van der Waals surface area (Å²) < 4.78 is 5.55. The first-order valence-electron chi connectivity index (χ1n) is 8.49. The number of rotatable bonds is 3. The molecule has 0 N–H and O–H groups in total. The lowest BCUT2D eigenvalue weighted by molar-refractivity contribution is 0.172. The van der Waals surface area contributed by atoms with Crippen molar-refractivity contribution in [2.24, 2.45) is 0 Å². The molecule has 1 atom stereocenters. The zero-order valence-electron chi connectivity index (χ0n) is 14.5. The SMILES string of the molecule is C[C@@H](c1nc(-c2cccnc2)no1)N1CCN(C)c2ccccc2C1. The van der Waals surface area contributed by atoms with E-state index in [4.69, 9.17) is 4.52 Å². The first-order valence-corrected chi connectivity index (χ1v) is 8.49. The van der Waals surface area contributed by atoms with Gasteiger partial charge in [0.1, 0.15) is 0 Å². The summed E-state index contributed by atoms with van der Waals surface area (Å²) in [6.45, 7) is 4.89. The number of anilines is 1. The zero-order valence-corrected chi connectivity index (χ0v) is 14.5. The number of nitrogens with zero attached hydrogens (tertiary/aromatic N) is 5. The van der Waals surface area contributed by atoms with Crippen LogP contribution in [0.2, 0.25) is 0 Å². The Balaban J connectivity index is 1.57. The summed E-state index contributed by atoms with van der Waals surface area (Å²) in [5, 5.41) is 4.12. The highest BCUT2D eigenvalue weighted by Crippen LogP contribution is 2.29. The van der Waals surface area contributed by atoms with Crippen molar-refractivity contribution in [2.75, 3.05) is 25.0 Å². The van der Waals surface area contributed by atoms with Gasteiger partial charge in [-0.25, -0.2) is 0 Å². The molecule has 128 valence electrons. The molecule has 0 radical (unpaired) electrons. The second-order valence-electron chi connectivity index (χ2n) is 6.39. The molecule has 25 heavy (non-hydrogen) atoms. The van der Waals surface area contributed by atoms with Crippen LogP contribution in [0, 0.1) is 0 Å². The van der Waals surface area contributed by atoms with E-state index in [1.807, 2.05) is 12.1 Å². The Morgan fingerprint density at radius 1 is 1.12 bits per heavy atom. The summed E-state index contributed by atoms with van der Waals surface area (Å²) in [5.41, 5.74) is 3.48. The molecule has 0 fully saturated rings. The predicted molar refractivity (Wildman–Crippen MR) is 96.1 cm³/mol. The second kappa shape index (κ2) is 6.64. The van der Waals surface area contributed by atoms with E-state index in [1.54, 1.807) is 12.4 Å². The number of pyridine rings is 1. The minimum Gasteiger partial charge on any atom is -0.373 e. The molecule has 2 aromatic heterocycles.